The summed E-state index contributed by atoms with van der Waals surface area (Å²) in [5, 5.41) is 18.5. The normalized spacial score (nSPS) is 35.7. The minimum Gasteiger partial charge on any atom is -0.481 e. The number of carbonyl (C=O) groups is 1. The van der Waals surface area contributed by atoms with Gasteiger partial charge in [-0.25, -0.2) is 0 Å². The number of nitrogens with zero attached hydrogens (tertiary/aromatic N) is 1. The van der Waals surface area contributed by atoms with Gasteiger partial charge in [0.2, 0.25) is 0 Å². The van der Waals surface area contributed by atoms with Gasteiger partial charge in [-0.2, -0.15) is 0 Å². The van der Waals surface area contributed by atoms with Crippen LogP contribution in [0.5, 0.6) is 0 Å². The number of aliphatic hydroxyl groups is 1. The minimum absolute atomic E-state index is 0.154. The van der Waals surface area contributed by atoms with Gasteiger partial charge in [0.1, 0.15) is 0 Å². The molecule has 92 valence electrons. The summed E-state index contributed by atoms with van der Waals surface area (Å²) in [6, 6.07) is 0.342. The van der Waals surface area contributed by atoms with Crippen molar-refractivity contribution in [2.75, 3.05) is 13.1 Å². The molecule has 2 aliphatic rings. The number of aliphatic carboxylic acids is 1. The summed E-state index contributed by atoms with van der Waals surface area (Å²) in [6.07, 6.45) is 5.17. The van der Waals surface area contributed by atoms with Crippen molar-refractivity contribution in [2.45, 2.75) is 50.7 Å². The van der Waals surface area contributed by atoms with Crippen molar-refractivity contribution < 1.29 is 15.0 Å². The molecule has 1 saturated carbocycles. The van der Waals surface area contributed by atoms with Crippen LogP contribution in [0.1, 0.15) is 38.5 Å². The summed E-state index contributed by atoms with van der Waals surface area (Å²) < 4.78 is 0. The van der Waals surface area contributed by atoms with E-state index in [0.717, 1.165) is 45.2 Å². The lowest BCUT2D eigenvalue weighted by molar-refractivity contribution is -0.137. The number of hydrogen-bond acceptors (Lipinski definition) is 3. The Morgan fingerprint density at radius 2 is 2.12 bits per heavy atom. The molecule has 4 heteroatoms. The molecule has 0 bridgehead atoms. The van der Waals surface area contributed by atoms with Crippen molar-refractivity contribution in [3.05, 3.63) is 0 Å². The minimum atomic E-state index is -0.695. The van der Waals surface area contributed by atoms with E-state index in [1.807, 2.05) is 0 Å². The highest BCUT2D eigenvalue weighted by Gasteiger charge is 2.34. The van der Waals surface area contributed by atoms with Gasteiger partial charge in [0.15, 0.2) is 0 Å². The van der Waals surface area contributed by atoms with Crippen molar-refractivity contribution in [3.8, 4) is 0 Å². The second-order valence-electron chi connectivity index (χ2n) is 5.15. The molecule has 1 aliphatic heterocycles. The molecule has 3 atom stereocenters. The van der Waals surface area contributed by atoms with Gasteiger partial charge < -0.3 is 10.2 Å². The summed E-state index contributed by atoms with van der Waals surface area (Å²) in [5.41, 5.74) is 0. The van der Waals surface area contributed by atoms with Crippen LogP contribution in [-0.2, 0) is 4.79 Å². The molecule has 1 aliphatic carbocycles. The zero-order chi connectivity index (χ0) is 11.5. The Balaban J connectivity index is 1.76. The Labute approximate surface area is 96.3 Å². The van der Waals surface area contributed by atoms with Crippen molar-refractivity contribution in [1.29, 1.82) is 0 Å². The molecule has 3 unspecified atom stereocenters. The van der Waals surface area contributed by atoms with Gasteiger partial charge in [-0.15, -0.1) is 0 Å². The molecule has 2 N–H and O–H groups in total. The first-order chi connectivity index (χ1) is 7.66. The largest absolute Gasteiger partial charge is 0.481 e. The molecule has 1 heterocycles. The van der Waals surface area contributed by atoms with Crippen LogP contribution in [0.2, 0.25) is 0 Å². The Morgan fingerprint density at radius 3 is 2.75 bits per heavy atom. The smallest absolute Gasteiger partial charge is 0.303 e. The Kier molecular flexibility index (Phi) is 3.82. The standard InChI is InChI=1S/C12H21NO3/c14-11-3-1-2-10(11)13-7-6-9(8-13)4-5-12(15)16/h9-11,14H,1-8H2,(H,15,16). The zero-order valence-electron chi connectivity index (χ0n) is 9.64. The highest BCUT2D eigenvalue weighted by atomic mass is 16.4. The van der Waals surface area contributed by atoms with Crippen LogP contribution in [-0.4, -0.2) is 46.3 Å². The third-order valence-corrected chi connectivity index (χ3v) is 4.00. The van der Waals surface area contributed by atoms with Crippen molar-refractivity contribution in [2.24, 2.45) is 5.92 Å². The summed E-state index contributed by atoms with van der Waals surface area (Å²) in [7, 11) is 0. The Hall–Kier alpha value is -0.610. The SMILES string of the molecule is O=C(O)CCC1CCN(C2CCCC2O)C1. The molecule has 0 radical (unpaired) electrons. The monoisotopic (exact) mass is 227 g/mol. The lowest BCUT2D eigenvalue weighted by Crippen LogP contribution is -2.38. The first kappa shape index (κ1) is 11.9. The number of carboxylic acid groups (broad SMARTS) is 1. The Morgan fingerprint density at radius 1 is 1.31 bits per heavy atom. The Bertz CT molecular complexity index is 257. The van der Waals surface area contributed by atoms with Crippen LogP contribution in [0.4, 0.5) is 0 Å². The maximum Gasteiger partial charge on any atom is 0.303 e. The van der Waals surface area contributed by atoms with E-state index in [4.69, 9.17) is 5.11 Å². The molecule has 0 aromatic rings. The fourth-order valence-corrected chi connectivity index (χ4v) is 3.07. The topological polar surface area (TPSA) is 60.8 Å². The molecule has 16 heavy (non-hydrogen) atoms. The van der Waals surface area contributed by atoms with E-state index in [9.17, 15) is 9.90 Å². The number of aliphatic hydroxyl groups excluding tert-OH is 1. The fraction of sp³-hybridized carbons (Fsp3) is 0.917. The second-order valence-corrected chi connectivity index (χ2v) is 5.15. The molecular weight excluding hydrogens is 206 g/mol. The fourth-order valence-electron chi connectivity index (χ4n) is 3.07. The molecular formula is C12H21NO3. The first-order valence-corrected chi connectivity index (χ1v) is 6.30. The van der Waals surface area contributed by atoms with Gasteiger partial charge in [0, 0.05) is 19.0 Å². The first-order valence-electron chi connectivity index (χ1n) is 6.30. The average molecular weight is 227 g/mol. The van der Waals surface area contributed by atoms with E-state index in [-0.39, 0.29) is 12.5 Å². The lowest BCUT2D eigenvalue weighted by Gasteiger charge is -2.26. The molecule has 2 fully saturated rings. The van der Waals surface area contributed by atoms with Gasteiger partial charge in [0.25, 0.3) is 0 Å². The highest BCUT2D eigenvalue weighted by Crippen LogP contribution is 2.30. The van der Waals surface area contributed by atoms with E-state index in [0.29, 0.717) is 12.0 Å². The maximum atomic E-state index is 10.5. The molecule has 0 aromatic heterocycles. The van der Waals surface area contributed by atoms with Crippen LogP contribution in [0.25, 0.3) is 0 Å². The van der Waals surface area contributed by atoms with Crippen LogP contribution >= 0.6 is 0 Å². The van der Waals surface area contributed by atoms with Crippen molar-refractivity contribution >= 4 is 5.97 Å². The summed E-state index contributed by atoms with van der Waals surface area (Å²) in [6.45, 7) is 2.01. The molecule has 1 saturated heterocycles. The third-order valence-electron chi connectivity index (χ3n) is 4.00. The molecule has 2 rings (SSSR count). The van der Waals surface area contributed by atoms with Gasteiger partial charge >= 0.3 is 5.97 Å². The van der Waals surface area contributed by atoms with Crippen LogP contribution in [0, 0.1) is 5.92 Å². The van der Waals surface area contributed by atoms with E-state index in [1.165, 1.54) is 0 Å². The molecule has 0 spiro atoms. The maximum absolute atomic E-state index is 10.5. The number of carboxylic acids is 1. The predicted octanol–water partition coefficient (Wildman–Crippen LogP) is 1.09. The lowest BCUT2D eigenvalue weighted by atomic mass is 10.0. The van der Waals surface area contributed by atoms with E-state index in [2.05, 4.69) is 4.90 Å². The second kappa shape index (κ2) is 5.15. The zero-order valence-corrected chi connectivity index (χ0v) is 9.64. The number of likely N-dealkylation sites (tertiary alicyclic amines) is 1. The summed E-state index contributed by atoms with van der Waals surface area (Å²) in [5.74, 6) is -0.178. The van der Waals surface area contributed by atoms with Crippen LogP contribution in [0.3, 0.4) is 0 Å². The number of rotatable bonds is 4. The van der Waals surface area contributed by atoms with Gasteiger partial charge in [-0.3, -0.25) is 9.69 Å². The van der Waals surface area contributed by atoms with Crippen molar-refractivity contribution in [3.63, 3.8) is 0 Å². The number of hydrogen-bond donors (Lipinski definition) is 2. The van der Waals surface area contributed by atoms with E-state index in [1.54, 1.807) is 0 Å². The van der Waals surface area contributed by atoms with Gasteiger partial charge in [-0.05, 0) is 44.6 Å². The van der Waals surface area contributed by atoms with Gasteiger partial charge in [0.05, 0.1) is 6.10 Å². The quantitative estimate of drug-likeness (QED) is 0.754. The van der Waals surface area contributed by atoms with E-state index < -0.39 is 5.97 Å². The molecule has 0 amide bonds. The third kappa shape index (κ3) is 2.74. The van der Waals surface area contributed by atoms with E-state index >= 15 is 0 Å². The molecule has 4 nitrogen and oxygen atoms in total. The van der Waals surface area contributed by atoms with Crippen LogP contribution in [0.15, 0.2) is 0 Å². The van der Waals surface area contributed by atoms with Crippen molar-refractivity contribution in [1.82, 2.24) is 4.90 Å². The van der Waals surface area contributed by atoms with Gasteiger partial charge in [-0.1, -0.05) is 0 Å². The average Bonchev–Trinajstić information content (AvgIpc) is 2.83. The summed E-state index contributed by atoms with van der Waals surface area (Å²) >= 11 is 0. The predicted molar refractivity (Wildman–Crippen MR) is 60.2 cm³/mol. The van der Waals surface area contributed by atoms with Crippen LogP contribution < -0.4 is 0 Å². The highest BCUT2D eigenvalue weighted by molar-refractivity contribution is 5.66. The molecule has 0 aromatic carbocycles. The summed E-state index contributed by atoms with van der Waals surface area (Å²) in [4.78, 5) is 12.9.